The Morgan fingerprint density at radius 1 is 1.04 bits per heavy atom. The van der Waals surface area contributed by atoms with E-state index in [0.717, 1.165) is 0 Å². The monoisotopic (exact) mass is 366 g/mol. The van der Waals surface area contributed by atoms with Gasteiger partial charge in [-0.25, -0.2) is 4.79 Å². The Morgan fingerprint density at radius 3 is 2.08 bits per heavy atom. The quantitative estimate of drug-likeness (QED) is 0.197. The van der Waals surface area contributed by atoms with Gasteiger partial charge in [0.1, 0.15) is 12.7 Å². The molecule has 142 valence electrons. The van der Waals surface area contributed by atoms with Gasteiger partial charge in [0.2, 0.25) is 0 Å². The summed E-state index contributed by atoms with van der Waals surface area (Å²) in [5.74, 6) is -0.453. The molecule has 0 fully saturated rings. The standard InChI is InChI=1S/C15H30O8Si/c1-13(2)15(17)23-9-8-22-12-14(16)11-21-7-6-10-24(18-3,19-4)20-5/h14,16H,1,6-12H2,2-5H3. The molecule has 0 aliphatic carbocycles. The summed E-state index contributed by atoms with van der Waals surface area (Å²) in [5.41, 5.74) is 0.339. The molecule has 0 saturated heterocycles. The lowest BCUT2D eigenvalue weighted by molar-refractivity contribution is -0.140. The van der Waals surface area contributed by atoms with E-state index in [1.54, 1.807) is 28.3 Å². The molecule has 0 heterocycles. The number of hydrogen-bond acceptors (Lipinski definition) is 8. The van der Waals surface area contributed by atoms with Crippen molar-refractivity contribution >= 4 is 14.8 Å². The number of aliphatic hydroxyl groups is 1. The average molecular weight is 366 g/mol. The Hall–Kier alpha value is -0.813. The van der Waals surface area contributed by atoms with E-state index in [2.05, 4.69) is 6.58 Å². The first-order valence-corrected chi connectivity index (χ1v) is 9.65. The highest BCUT2D eigenvalue weighted by atomic mass is 28.4. The predicted octanol–water partition coefficient (Wildman–Crippen LogP) is 0.768. The van der Waals surface area contributed by atoms with Crippen molar-refractivity contribution in [1.82, 2.24) is 0 Å². The molecule has 0 aromatic heterocycles. The van der Waals surface area contributed by atoms with Crippen molar-refractivity contribution in [2.75, 3.05) is 54.4 Å². The second-order valence-electron chi connectivity index (χ2n) is 5.12. The highest BCUT2D eigenvalue weighted by molar-refractivity contribution is 6.60. The maximum Gasteiger partial charge on any atom is 0.500 e. The third-order valence-electron chi connectivity index (χ3n) is 3.13. The molecule has 9 heteroatoms. The van der Waals surface area contributed by atoms with E-state index in [1.807, 2.05) is 0 Å². The third kappa shape index (κ3) is 10.1. The predicted molar refractivity (Wildman–Crippen MR) is 89.6 cm³/mol. The van der Waals surface area contributed by atoms with Crippen LogP contribution in [-0.2, 0) is 32.3 Å². The summed E-state index contributed by atoms with van der Waals surface area (Å²) in [4.78, 5) is 11.1. The molecule has 0 aromatic carbocycles. The molecular weight excluding hydrogens is 336 g/mol. The summed E-state index contributed by atoms with van der Waals surface area (Å²) in [5, 5.41) is 9.71. The number of ether oxygens (including phenoxy) is 3. The molecule has 0 amide bonds. The lowest BCUT2D eigenvalue weighted by Crippen LogP contribution is -2.42. The van der Waals surface area contributed by atoms with Gasteiger partial charge in [0.25, 0.3) is 0 Å². The zero-order valence-corrected chi connectivity index (χ0v) is 16.0. The molecule has 0 saturated carbocycles. The number of esters is 1. The van der Waals surface area contributed by atoms with Crippen molar-refractivity contribution in [3.63, 3.8) is 0 Å². The molecule has 0 radical (unpaired) electrons. The highest BCUT2D eigenvalue weighted by Gasteiger charge is 2.36. The molecule has 1 atom stereocenters. The fraction of sp³-hybridized carbons (Fsp3) is 0.800. The number of carbonyl (C=O) groups excluding carboxylic acids is 1. The number of aliphatic hydroxyl groups excluding tert-OH is 1. The van der Waals surface area contributed by atoms with Crippen LogP contribution in [0.1, 0.15) is 13.3 Å². The Balaban J connectivity index is 3.61. The average Bonchev–Trinajstić information content (AvgIpc) is 2.58. The molecule has 0 aliphatic heterocycles. The Bertz CT molecular complexity index is 351. The van der Waals surface area contributed by atoms with Gasteiger partial charge >= 0.3 is 14.8 Å². The molecule has 24 heavy (non-hydrogen) atoms. The third-order valence-corrected chi connectivity index (χ3v) is 5.97. The molecule has 1 N–H and O–H groups in total. The van der Waals surface area contributed by atoms with Crippen LogP contribution in [0.15, 0.2) is 12.2 Å². The van der Waals surface area contributed by atoms with E-state index < -0.39 is 20.9 Å². The topological polar surface area (TPSA) is 92.7 Å². The van der Waals surface area contributed by atoms with Gasteiger partial charge in [0, 0.05) is 39.6 Å². The second-order valence-corrected chi connectivity index (χ2v) is 8.21. The summed E-state index contributed by atoms with van der Waals surface area (Å²) in [7, 11) is 2.14. The highest BCUT2D eigenvalue weighted by Crippen LogP contribution is 2.14. The minimum absolute atomic E-state index is 0.109. The van der Waals surface area contributed by atoms with Gasteiger partial charge in [-0.3, -0.25) is 0 Å². The first-order chi connectivity index (χ1) is 11.4. The molecule has 8 nitrogen and oxygen atoms in total. The fourth-order valence-electron chi connectivity index (χ4n) is 1.75. The maximum absolute atomic E-state index is 11.1. The summed E-state index contributed by atoms with van der Waals surface area (Å²) >= 11 is 0. The van der Waals surface area contributed by atoms with Crippen LogP contribution in [0, 0.1) is 0 Å². The van der Waals surface area contributed by atoms with Crippen LogP contribution in [0.2, 0.25) is 6.04 Å². The van der Waals surface area contributed by atoms with Crippen LogP contribution in [-0.4, -0.2) is 80.3 Å². The number of hydrogen-bond donors (Lipinski definition) is 1. The SMILES string of the molecule is C=C(C)C(=O)OCCOCC(O)COCCC[Si](OC)(OC)OC. The second kappa shape index (κ2) is 13.5. The van der Waals surface area contributed by atoms with Crippen molar-refractivity contribution in [3.05, 3.63) is 12.2 Å². The van der Waals surface area contributed by atoms with Crippen molar-refractivity contribution in [2.24, 2.45) is 0 Å². The van der Waals surface area contributed by atoms with Crippen LogP contribution in [0.3, 0.4) is 0 Å². The van der Waals surface area contributed by atoms with Crippen molar-refractivity contribution in [1.29, 1.82) is 0 Å². The minimum atomic E-state index is -2.56. The van der Waals surface area contributed by atoms with Crippen LogP contribution in [0.5, 0.6) is 0 Å². The van der Waals surface area contributed by atoms with Crippen molar-refractivity contribution in [2.45, 2.75) is 25.5 Å². The Kier molecular flexibility index (Phi) is 13.0. The smallest absolute Gasteiger partial charge is 0.460 e. The lowest BCUT2D eigenvalue weighted by atomic mass is 10.4. The van der Waals surface area contributed by atoms with Crippen LogP contribution >= 0.6 is 0 Å². The Morgan fingerprint density at radius 2 is 1.58 bits per heavy atom. The van der Waals surface area contributed by atoms with E-state index in [-0.39, 0.29) is 26.4 Å². The molecule has 0 aromatic rings. The minimum Gasteiger partial charge on any atom is -0.460 e. The summed E-state index contributed by atoms with van der Waals surface area (Å²) in [6.45, 7) is 6.10. The Labute approximate surface area is 145 Å². The zero-order chi connectivity index (χ0) is 18.4. The van der Waals surface area contributed by atoms with E-state index in [0.29, 0.717) is 24.6 Å². The summed E-state index contributed by atoms with van der Waals surface area (Å²) < 4.78 is 31.3. The van der Waals surface area contributed by atoms with Gasteiger partial charge in [-0.1, -0.05) is 6.58 Å². The first kappa shape index (κ1) is 23.2. The normalized spacial score (nSPS) is 12.9. The molecule has 0 rings (SSSR count). The van der Waals surface area contributed by atoms with Gasteiger partial charge in [-0.15, -0.1) is 0 Å². The molecule has 0 spiro atoms. The zero-order valence-electron chi connectivity index (χ0n) is 15.0. The summed E-state index contributed by atoms with van der Waals surface area (Å²) in [6.07, 6.45) is -0.0391. The van der Waals surface area contributed by atoms with Gasteiger partial charge < -0.3 is 32.6 Å². The first-order valence-electron chi connectivity index (χ1n) is 7.72. The van der Waals surface area contributed by atoms with E-state index >= 15 is 0 Å². The van der Waals surface area contributed by atoms with Crippen molar-refractivity contribution in [3.8, 4) is 0 Å². The lowest BCUT2D eigenvalue weighted by Gasteiger charge is -2.24. The molecule has 0 bridgehead atoms. The largest absolute Gasteiger partial charge is 0.500 e. The molecular formula is C15H30O8Si. The maximum atomic E-state index is 11.1. The van der Waals surface area contributed by atoms with E-state index in [4.69, 9.17) is 27.5 Å². The fourth-order valence-corrected chi connectivity index (χ4v) is 3.44. The molecule has 1 unspecified atom stereocenters. The van der Waals surface area contributed by atoms with Crippen LogP contribution in [0.25, 0.3) is 0 Å². The number of rotatable bonds is 15. The van der Waals surface area contributed by atoms with Gasteiger partial charge in [-0.05, 0) is 13.3 Å². The van der Waals surface area contributed by atoms with Crippen LogP contribution < -0.4 is 0 Å². The van der Waals surface area contributed by atoms with Gasteiger partial charge in [-0.2, -0.15) is 0 Å². The van der Waals surface area contributed by atoms with Gasteiger partial charge in [0.15, 0.2) is 0 Å². The summed E-state index contributed by atoms with van der Waals surface area (Å²) in [6, 6.07) is 0.636. The van der Waals surface area contributed by atoms with E-state index in [9.17, 15) is 9.90 Å². The molecule has 0 aliphatic rings. The van der Waals surface area contributed by atoms with Crippen LogP contribution in [0.4, 0.5) is 0 Å². The number of carbonyl (C=O) groups is 1. The van der Waals surface area contributed by atoms with E-state index in [1.165, 1.54) is 0 Å². The van der Waals surface area contributed by atoms with Crippen molar-refractivity contribution < 1.29 is 37.4 Å². The van der Waals surface area contributed by atoms with Gasteiger partial charge in [0.05, 0.1) is 19.8 Å².